The zero-order valence-corrected chi connectivity index (χ0v) is 22.2. The van der Waals surface area contributed by atoms with E-state index in [1.54, 1.807) is 43.3 Å². The van der Waals surface area contributed by atoms with Crippen LogP contribution in [0.4, 0.5) is 10.5 Å². The Hall–Kier alpha value is -4.56. The van der Waals surface area contributed by atoms with Crippen LogP contribution < -0.4 is 16.2 Å². The number of carboxylic acids is 1. The first-order chi connectivity index (χ1) is 18.6. The summed E-state index contributed by atoms with van der Waals surface area (Å²) in [7, 11) is 0. The van der Waals surface area contributed by atoms with Crippen molar-refractivity contribution in [2.75, 3.05) is 5.32 Å². The van der Waals surface area contributed by atoms with Gasteiger partial charge >= 0.3 is 12.0 Å². The van der Waals surface area contributed by atoms with Crippen molar-refractivity contribution in [1.82, 2.24) is 9.88 Å². The number of hydrogen-bond donors (Lipinski definition) is 4. The monoisotopic (exact) mass is 545 g/mol. The fraction of sp³-hybridized carbons (Fsp3) is 0.167. The van der Waals surface area contributed by atoms with Gasteiger partial charge in [0.1, 0.15) is 5.75 Å². The van der Waals surface area contributed by atoms with Crippen LogP contribution in [0.5, 0.6) is 5.75 Å². The van der Waals surface area contributed by atoms with E-state index in [1.807, 2.05) is 43.3 Å². The average molecular weight is 546 g/mol. The molecule has 0 saturated heterocycles. The Balaban J connectivity index is 1.61. The summed E-state index contributed by atoms with van der Waals surface area (Å²) >= 11 is 6.25. The third-order valence-electron chi connectivity index (χ3n) is 6.40. The van der Waals surface area contributed by atoms with Crippen molar-refractivity contribution in [2.24, 2.45) is 0 Å². The van der Waals surface area contributed by atoms with Gasteiger partial charge in [-0.05, 0) is 53.8 Å². The predicted octanol–water partition coefficient (Wildman–Crippen LogP) is 5.88. The number of pyridine rings is 1. The normalized spacial score (nSPS) is 11.6. The van der Waals surface area contributed by atoms with E-state index >= 15 is 0 Å². The van der Waals surface area contributed by atoms with Gasteiger partial charge in [-0.3, -0.25) is 9.59 Å². The second kappa shape index (κ2) is 11.9. The Morgan fingerprint density at radius 3 is 2.41 bits per heavy atom. The number of urea groups is 1. The molecule has 0 unspecified atom stereocenters. The summed E-state index contributed by atoms with van der Waals surface area (Å²) in [5, 5.41) is 25.7. The molecule has 0 saturated carbocycles. The first-order valence-electron chi connectivity index (χ1n) is 12.3. The third kappa shape index (κ3) is 6.48. The molecule has 39 heavy (non-hydrogen) atoms. The van der Waals surface area contributed by atoms with Crippen molar-refractivity contribution in [3.63, 3.8) is 0 Å². The second-order valence-corrected chi connectivity index (χ2v) is 9.66. The first-order valence-corrected chi connectivity index (χ1v) is 12.6. The Kier molecular flexibility index (Phi) is 8.36. The Labute approximate surface area is 230 Å². The summed E-state index contributed by atoms with van der Waals surface area (Å²) in [6.45, 7) is 3.71. The number of halogens is 1. The third-order valence-corrected chi connectivity index (χ3v) is 6.77. The zero-order chi connectivity index (χ0) is 28.1. The molecule has 0 aliphatic carbocycles. The molecule has 0 radical (unpaired) electrons. The number of benzene rings is 3. The first kappa shape index (κ1) is 27.5. The number of rotatable bonds is 8. The van der Waals surface area contributed by atoms with Crippen LogP contribution in [0.1, 0.15) is 34.7 Å². The van der Waals surface area contributed by atoms with Crippen molar-refractivity contribution >= 4 is 29.3 Å². The SMILES string of the molecule is Cc1ccccc1-c1cccc([C@H](CC(=O)O)NC(=O)Nc2c(O)c(C)cn(Cc3ccccc3Cl)c2=O)c1. The van der Waals surface area contributed by atoms with Crippen molar-refractivity contribution in [3.05, 3.63) is 117 Å². The summed E-state index contributed by atoms with van der Waals surface area (Å²) in [6, 6.07) is 20.4. The Bertz CT molecular complexity index is 1600. The molecule has 1 heterocycles. The van der Waals surface area contributed by atoms with Crippen LogP contribution in [-0.4, -0.2) is 26.8 Å². The van der Waals surface area contributed by atoms with Gasteiger partial charge in [-0.25, -0.2) is 4.79 Å². The van der Waals surface area contributed by atoms with Crippen molar-refractivity contribution in [2.45, 2.75) is 32.9 Å². The molecule has 4 rings (SSSR count). The molecule has 4 N–H and O–H groups in total. The minimum absolute atomic E-state index is 0.128. The average Bonchev–Trinajstić information content (AvgIpc) is 2.90. The van der Waals surface area contributed by atoms with E-state index in [0.717, 1.165) is 16.7 Å². The number of aromatic nitrogens is 1. The highest BCUT2D eigenvalue weighted by Crippen LogP contribution is 2.28. The highest BCUT2D eigenvalue weighted by molar-refractivity contribution is 6.31. The smallest absolute Gasteiger partial charge is 0.319 e. The van der Waals surface area contributed by atoms with Crippen LogP contribution in [0.2, 0.25) is 5.02 Å². The number of aromatic hydroxyl groups is 1. The highest BCUT2D eigenvalue weighted by Gasteiger charge is 2.22. The van der Waals surface area contributed by atoms with Gasteiger partial charge < -0.3 is 25.4 Å². The van der Waals surface area contributed by atoms with Gasteiger partial charge in [-0.15, -0.1) is 0 Å². The molecule has 0 bridgehead atoms. The van der Waals surface area contributed by atoms with Gasteiger partial charge in [-0.1, -0.05) is 72.3 Å². The van der Waals surface area contributed by atoms with Crippen LogP contribution in [0.15, 0.2) is 83.8 Å². The minimum atomic E-state index is -1.11. The number of anilines is 1. The number of carbonyl (C=O) groups is 2. The van der Waals surface area contributed by atoms with E-state index in [1.165, 1.54) is 10.8 Å². The van der Waals surface area contributed by atoms with Gasteiger partial charge in [0.25, 0.3) is 5.56 Å². The van der Waals surface area contributed by atoms with Crippen LogP contribution >= 0.6 is 11.6 Å². The van der Waals surface area contributed by atoms with Crippen LogP contribution in [0.3, 0.4) is 0 Å². The van der Waals surface area contributed by atoms with Gasteiger partial charge in [0, 0.05) is 16.8 Å². The predicted molar refractivity (Wildman–Crippen MR) is 151 cm³/mol. The van der Waals surface area contributed by atoms with Crippen LogP contribution in [0, 0.1) is 13.8 Å². The fourth-order valence-corrected chi connectivity index (χ4v) is 4.59. The molecule has 1 aromatic heterocycles. The maximum Gasteiger partial charge on any atom is 0.319 e. The molecular formula is C30H28ClN3O5. The highest BCUT2D eigenvalue weighted by atomic mass is 35.5. The van der Waals surface area contributed by atoms with E-state index in [0.29, 0.717) is 21.7 Å². The molecule has 0 aliphatic heterocycles. The molecule has 0 fully saturated rings. The summed E-state index contributed by atoms with van der Waals surface area (Å²) in [6.07, 6.45) is 1.09. The Morgan fingerprint density at radius 2 is 1.69 bits per heavy atom. The molecular weight excluding hydrogens is 518 g/mol. The lowest BCUT2D eigenvalue weighted by Gasteiger charge is -2.20. The molecule has 4 aromatic rings. The maximum atomic E-state index is 13.2. The lowest BCUT2D eigenvalue weighted by atomic mass is 9.95. The van der Waals surface area contributed by atoms with E-state index in [-0.39, 0.29) is 24.4 Å². The number of aliphatic carboxylic acids is 1. The summed E-state index contributed by atoms with van der Waals surface area (Å²) in [4.78, 5) is 37.9. The molecule has 1 atom stereocenters. The summed E-state index contributed by atoms with van der Waals surface area (Å²) < 4.78 is 1.34. The second-order valence-electron chi connectivity index (χ2n) is 9.25. The zero-order valence-electron chi connectivity index (χ0n) is 21.4. The van der Waals surface area contributed by atoms with Crippen molar-refractivity contribution in [3.8, 4) is 16.9 Å². The minimum Gasteiger partial charge on any atom is -0.505 e. The fourth-order valence-electron chi connectivity index (χ4n) is 4.39. The number of nitrogens with zero attached hydrogens (tertiary/aromatic N) is 1. The number of carboxylic acid groups (broad SMARTS) is 1. The number of amides is 2. The molecule has 0 aliphatic rings. The summed E-state index contributed by atoms with van der Waals surface area (Å²) in [5.74, 6) is -1.48. The van der Waals surface area contributed by atoms with Gasteiger partial charge in [0.05, 0.1) is 19.0 Å². The van der Waals surface area contributed by atoms with E-state index in [2.05, 4.69) is 10.6 Å². The lowest BCUT2D eigenvalue weighted by molar-refractivity contribution is -0.137. The summed E-state index contributed by atoms with van der Waals surface area (Å²) in [5.41, 5.74) is 3.60. The topological polar surface area (TPSA) is 121 Å². The molecule has 8 nitrogen and oxygen atoms in total. The van der Waals surface area contributed by atoms with E-state index < -0.39 is 23.6 Å². The molecule has 3 aromatic carbocycles. The molecule has 200 valence electrons. The van der Waals surface area contributed by atoms with Crippen LogP contribution in [0.25, 0.3) is 11.1 Å². The van der Waals surface area contributed by atoms with E-state index in [9.17, 15) is 24.6 Å². The number of aryl methyl sites for hydroxylation is 2. The van der Waals surface area contributed by atoms with Crippen LogP contribution in [-0.2, 0) is 11.3 Å². The lowest BCUT2D eigenvalue weighted by Crippen LogP contribution is -2.36. The van der Waals surface area contributed by atoms with Crippen molar-refractivity contribution in [1.29, 1.82) is 0 Å². The van der Waals surface area contributed by atoms with E-state index in [4.69, 9.17) is 11.6 Å². The molecule has 2 amide bonds. The molecule has 0 spiro atoms. The largest absolute Gasteiger partial charge is 0.505 e. The van der Waals surface area contributed by atoms with Gasteiger partial charge in [-0.2, -0.15) is 0 Å². The van der Waals surface area contributed by atoms with Gasteiger partial charge in [0.15, 0.2) is 5.69 Å². The van der Waals surface area contributed by atoms with Crippen molar-refractivity contribution < 1.29 is 19.8 Å². The number of hydrogen-bond acceptors (Lipinski definition) is 4. The molecule has 9 heteroatoms. The quantitative estimate of drug-likeness (QED) is 0.220. The van der Waals surface area contributed by atoms with Gasteiger partial charge in [0.2, 0.25) is 0 Å². The Morgan fingerprint density at radius 1 is 0.974 bits per heavy atom. The maximum absolute atomic E-state index is 13.2. The standard InChI is InChI=1S/C30H28ClN3O5/c1-18-8-3-5-12-23(18)20-10-7-11-21(14-20)25(15-26(35)36)32-30(39)33-27-28(37)19(2)16-34(29(27)38)17-22-9-4-6-13-24(22)31/h3-14,16,25,37H,15,17H2,1-2H3,(H,35,36)(H2,32,33,39)/t25-/m0/s1. The number of nitrogens with one attached hydrogen (secondary N) is 2. The number of carbonyl (C=O) groups excluding carboxylic acids is 1.